The van der Waals surface area contributed by atoms with Gasteiger partial charge in [0.2, 0.25) is 4.69 Å². The van der Waals surface area contributed by atoms with Gasteiger partial charge in [0.15, 0.2) is 0 Å². The summed E-state index contributed by atoms with van der Waals surface area (Å²) in [6.45, 7) is 0. The Bertz CT molecular complexity index is 59.2. The van der Waals surface area contributed by atoms with Crippen LogP contribution in [0.1, 0.15) is 0 Å². The fourth-order valence-electron chi connectivity index (χ4n) is 0. The van der Waals surface area contributed by atoms with Crippen LogP contribution < -0.4 is 0 Å². The number of carbonyl (C=O) groups is 1. The van der Waals surface area contributed by atoms with Crippen molar-refractivity contribution in [3.05, 3.63) is 0 Å². The SMILES string of the molecule is ClCCl.O=C(Br)CBr. The molecule has 0 atom stereocenters. The van der Waals surface area contributed by atoms with Crippen molar-refractivity contribution in [2.45, 2.75) is 0 Å². The van der Waals surface area contributed by atoms with Gasteiger partial charge in [0.1, 0.15) is 0 Å². The Labute approximate surface area is 75.0 Å². The molecule has 0 aliphatic heterocycles. The number of rotatable bonds is 1. The van der Waals surface area contributed by atoms with Crippen molar-refractivity contribution in [1.29, 1.82) is 0 Å². The van der Waals surface area contributed by atoms with Crippen LogP contribution in [-0.4, -0.2) is 15.4 Å². The molecule has 50 valence electrons. The Hall–Kier alpha value is 1.21. The summed E-state index contributed by atoms with van der Waals surface area (Å²) in [6, 6.07) is 0. The van der Waals surface area contributed by atoms with E-state index in [0.717, 1.165) is 0 Å². The van der Waals surface area contributed by atoms with Crippen molar-refractivity contribution in [3.63, 3.8) is 0 Å². The largest absolute Gasteiger partial charge is 0.286 e. The van der Waals surface area contributed by atoms with Crippen LogP contribution >= 0.6 is 55.1 Å². The van der Waals surface area contributed by atoms with Gasteiger partial charge in [-0.1, -0.05) is 15.9 Å². The second kappa shape index (κ2) is 11.1. The first-order valence-electron chi connectivity index (χ1n) is 1.55. The molecule has 0 N–H and O–H groups in total. The lowest BCUT2D eigenvalue weighted by atomic mass is 10.9. The number of alkyl halides is 3. The van der Waals surface area contributed by atoms with Gasteiger partial charge in [-0.25, -0.2) is 0 Å². The molecular formula is C3H4Br2Cl2O. The highest BCUT2D eigenvalue weighted by Gasteiger charge is 1.82. The van der Waals surface area contributed by atoms with E-state index >= 15 is 0 Å². The maximum atomic E-state index is 9.68. The van der Waals surface area contributed by atoms with E-state index in [1.165, 1.54) is 0 Å². The average molecular weight is 287 g/mol. The summed E-state index contributed by atoms with van der Waals surface area (Å²) in [4.78, 5) is 9.68. The summed E-state index contributed by atoms with van der Waals surface area (Å²) in [5.74, 6) is 0. The van der Waals surface area contributed by atoms with Gasteiger partial charge in [-0.15, -0.1) is 23.2 Å². The molecule has 8 heavy (non-hydrogen) atoms. The lowest BCUT2D eigenvalue weighted by Gasteiger charge is -1.66. The minimum atomic E-state index is -0.0162. The quantitative estimate of drug-likeness (QED) is 0.535. The Morgan fingerprint density at radius 3 is 1.62 bits per heavy atom. The standard InChI is InChI=1S/C2H2Br2O.CH2Cl2/c3-1-2(4)5;2-1-3/h1H2;1H2. The normalized spacial score (nSPS) is 7.00. The number of carbonyl (C=O) groups excluding carboxylic acids is 1. The van der Waals surface area contributed by atoms with E-state index in [4.69, 9.17) is 23.2 Å². The van der Waals surface area contributed by atoms with E-state index in [2.05, 4.69) is 31.9 Å². The highest BCUT2D eigenvalue weighted by atomic mass is 79.9. The van der Waals surface area contributed by atoms with E-state index in [0.29, 0.717) is 5.33 Å². The summed E-state index contributed by atoms with van der Waals surface area (Å²) < 4.78 is -0.0162. The molecule has 0 saturated carbocycles. The fraction of sp³-hybridized carbons (Fsp3) is 0.667. The molecular weight excluding hydrogens is 283 g/mol. The van der Waals surface area contributed by atoms with Gasteiger partial charge in [0.05, 0.1) is 10.7 Å². The topological polar surface area (TPSA) is 17.1 Å². The zero-order valence-electron chi connectivity index (χ0n) is 3.83. The Morgan fingerprint density at radius 2 is 1.62 bits per heavy atom. The molecule has 0 fully saturated rings. The molecule has 0 spiro atoms. The van der Waals surface area contributed by atoms with Gasteiger partial charge in [-0.3, -0.25) is 4.79 Å². The smallest absolute Gasteiger partial charge is 0.208 e. The summed E-state index contributed by atoms with van der Waals surface area (Å²) >= 11 is 15.1. The fourth-order valence-corrected chi connectivity index (χ4v) is 0. The van der Waals surface area contributed by atoms with Crippen LogP contribution in [0, 0.1) is 0 Å². The van der Waals surface area contributed by atoms with Crippen LogP contribution in [0.4, 0.5) is 0 Å². The highest BCUT2D eigenvalue weighted by molar-refractivity contribution is 9.19. The van der Waals surface area contributed by atoms with Gasteiger partial charge in [-0.05, 0) is 15.9 Å². The Kier molecular flexibility index (Phi) is 16.5. The third-order valence-electron chi connectivity index (χ3n) is 0.105. The summed E-state index contributed by atoms with van der Waals surface area (Å²) in [5.41, 5.74) is 0. The van der Waals surface area contributed by atoms with Crippen molar-refractivity contribution in [1.82, 2.24) is 0 Å². The molecule has 1 nitrogen and oxygen atoms in total. The van der Waals surface area contributed by atoms with E-state index < -0.39 is 0 Å². The predicted octanol–water partition coefficient (Wildman–Crippen LogP) is 2.72. The second-order valence-corrected chi connectivity index (χ2v) is 2.84. The van der Waals surface area contributed by atoms with Crippen LogP contribution in [0.25, 0.3) is 0 Å². The molecule has 0 aromatic heterocycles. The lowest BCUT2D eigenvalue weighted by Crippen LogP contribution is -1.79. The molecule has 0 aromatic carbocycles. The minimum Gasteiger partial charge on any atom is -0.286 e. The predicted molar refractivity (Wildman–Crippen MR) is 44.3 cm³/mol. The molecule has 0 unspecified atom stereocenters. The average Bonchev–Trinajstić information content (AvgIpc) is 1.69. The van der Waals surface area contributed by atoms with Crippen molar-refractivity contribution >= 4 is 59.8 Å². The van der Waals surface area contributed by atoms with Gasteiger partial charge < -0.3 is 0 Å². The van der Waals surface area contributed by atoms with Crippen molar-refractivity contribution < 1.29 is 4.79 Å². The van der Waals surface area contributed by atoms with Gasteiger partial charge >= 0.3 is 0 Å². The van der Waals surface area contributed by atoms with E-state index in [1.807, 2.05) is 0 Å². The first kappa shape index (κ1) is 11.9. The number of hydrogen-bond donors (Lipinski definition) is 0. The molecule has 0 heterocycles. The Morgan fingerprint density at radius 1 is 1.50 bits per heavy atom. The van der Waals surface area contributed by atoms with Crippen LogP contribution in [0.3, 0.4) is 0 Å². The van der Waals surface area contributed by atoms with E-state index in [1.54, 1.807) is 0 Å². The minimum absolute atomic E-state index is 0.0162. The monoisotopic (exact) mass is 284 g/mol. The zero-order valence-corrected chi connectivity index (χ0v) is 8.52. The first-order chi connectivity index (χ1) is 3.68. The lowest BCUT2D eigenvalue weighted by molar-refractivity contribution is -0.108. The van der Waals surface area contributed by atoms with Crippen molar-refractivity contribution in [2.75, 3.05) is 10.7 Å². The summed E-state index contributed by atoms with van der Waals surface area (Å²) in [5, 5.41) is 0.590. The van der Waals surface area contributed by atoms with Gasteiger partial charge in [0, 0.05) is 0 Å². The molecule has 0 aliphatic rings. The third kappa shape index (κ3) is 27.0. The molecule has 0 bridgehead atoms. The van der Waals surface area contributed by atoms with Crippen LogP contribution in [-0.2, 0) is 4.79 Å². The molecule has 0 aliphatic carbocycles. The number of hydrogen-bond acceptors (Lipinski definition) is 1. The number of halogens is 4. The van der Waals surface area contributed by atoms with Crippen LogP contribution in [0.5, 0.6) is 0 Å². The summed E-state index contributed by atoms with van der Waals surface area (Å²) in [7, 11) is 0. The van der Waals surface area contributed by atoms with Gasteiger partial charge in [-0.2, -0.15) is 0 Å². The first-order valence-corrected chi connectivity index (χ1v) is 4.53. The molecule has 0 aromatic rings. The molecule has 5 heteroatoms. The Balaban J connectivity index is 0. The van der Waals surface area contributed by atoms with E-state index in [9.17, 15) is 4.79 Å². The maximum Gasteiger partial charge on any atom is 0.208 e. The third-order valence-corrected chi connectivity index (χ3v) is 1.65. The summed E-state index contributed by atoms with van der Waals surface area (Å²) in [6.07, 6.45) is 0. The molecule has 0 rings (SSSR count). The maximum absolute atomic E-state index is 9.68. The van der Waals surface area contributed by atoms with Crippen LogP contribution in [0.2, 0.25) is 0 Å². The highest BCUT2D eigenvalue weighted by Crippen LogP contribution is 1.87. The van der Waals surface area contributed by atoms with E-state index in [-0.39, 0.29) is 10.0 Å². The van der Waals surface area contributed by atoms with Crippen molar-refractivity contribution in [3.8, 4) is 0 Å². The van der Waals surface area contributed by atoms with Gasteiger partial charge in [0.25, 0.3) is 0 Å². The molecule has 0 radical (unpaired) electrons. The second-order valence-electron chi connectivity index (χ2n) is 0.590. The molecule has 0 saturated heterocycles. The zero-order chi connectivity index (χ0) is 6.99. The molecule has 0 amide bonds. The van der Waals surface area contributed by atoms with Crippen molar-refractivity contribution in [2.24, 2.45) is 0 Å². The van der Waals surface area contributed by atoms with Crippen LogP contribution in [0.15, 0.2) is 0 Å².